The quantitative estimate of drug-likeness (QED) is 0.581. The summed E-state index contributed by atoms with van der Waals surface area (Å²) in [5.74, 6) is 1.28. The number of primary amides is 1. The van der Waals surface area contributed by atoms with E-state index >= 15 is 0 Å². The van der Waals surface area contributed by atoms with Crippen LogP contribution in [0, 0.1) is 0 Å². The second-order valence-electron chi connectivity index (χ2n) is 4.29. The molecule has 0 aliphatic carbocycles. The number of hydrogen-bond donors (Lipinski definition) is 2. The summed E-state index contributed by atoms with van der Waals surface area (Å²) in [6.07, 6.45) is 2.72. The standard InChI is InChI=1S/C10H22N2O3S2/c1-10(12-2,9(11)13)5-4-6-16-7-8-17(3,14)15/h12H,4-8H2,1-3H3,(H2,11,13). The molecule has 0 bridgehead atoms. The van der Waals surface area contributed by atoms with Gasteiger partial charge in [0.25, 0.3) is 0 Å². The zero-order chi connectivity index (χ0) is 13.5. The summed E-state index contributed by atoms with van der Waals surface area (Å²) in [6.45, 7) is 1.77. The van der Waals surface area contributed by atoms with Crippen molar-refractivity contribution in [2.45, 2.75) is 25.3 Å². The van der Waals surface area contributed by atoms with Gasteiger partial charge < -0.3 is 11.1 Å². The number of hydrogen-bond acceptors (Lipinski definition) is 5. The highest BCUT2D eigenvalue weighted by Crippen LogP contribution is 2.14. The number of carbonyl (C=O) groups excluding carboxylic acids is 1. The molecule has 0 heterocycles. The first-order chi connectivity index (χ1) is 7.71. The Morgan fingerprint density at radius 1 is 1.41 bits per heavy atom. The van der Waals surface area contributed by atoms with Crippen LogP contribution in [0.15, 0.2) is 0 Å². The molecule has 0 aromatic heterocycles. The van der Waals surface area contributed by atoms with Gasteiger partial charge in [0.2, 0.25) is 5.91 Å². The number of sulfone groups is 1. The Morgan fingerprint density at radius 2 is 2.00 bits per heavy atom. The lowest BCUT2D eigenvalue weighted by Crippen LogP contribution is -2.51. The van der Waals surface area contributed by atoms with Gasteiger partial charge in [-0.15, -0.1) is 0 Å². The van der Waals surface area contributed by atoms with Gasteiger partial charge in [0.15, 0.2) is 0 Å². The molecular formula is C10H22N2O3S2. The molecule has 1 amide bonds. The van der Waals surface area contributed by atoms with Crippen molar-refractivity contribution in [3.05, 3.63) is 0 Å². The van der Waals surface area contributed by atoms with Crippen molar-refractivity contribution in [1.82, 2.24) is 5.32 Å². The van der Waals surface area contributed by atoms with Crippen LogP contribution in [0.4, 0.5) is 0 Å². The second kappa shape index (κ2) is 7.23. The molecular weight excluding hydrogens is 260 g/mol. The molecule has 17 heavy (non-hydrogen) atoms. The molecule has 0 fully saturated rings. The smallest absolute Gasteiger partial charge is 0.237 e. The summed E-state index contributed by atoms with van der Waals surface area (Å²) >= 11 is 1.58. The maximum atomic E-state index is 11.2. The van der Waals surface area contributed by atoms with Crippen LogP contribution < -0.4 is 11.1 Å². The monoisotopic (exact) mass is 282 g/mol. The first kappa shape index (κ1) is 16.7. The molecule has 1 atom stereocenters. The number of amides is 1. The average Bonchev–Trinajstić information content (AvgIpc) is 2.21. The van der Waals surface area contributed by atoms with Gasteiger partial charge in [0.05, 0.1) is 11.3 Å². The Labute approximate surface area is 108 Å². The fraction of sp³-hybridized carbons (Fsp3) is 0.900. The van der Waals surface area contributed by atoms with Crippen LogP contribution >= 0.6 is 11.8 Å². The summed E-state index contributed by atoms with van der Waals surface area (Å²) < 4.78 is 21.7. The van der Waals surface area contributed by atoms with Crippen molar-refractivity contribution in [3.8, 4) is 0 Å². The normalized spacial score (nSPS) is 15.5. The lowest BCUT2D eigenvalue weighted by atomic mass is 9.96. The minimum Gasteiger partial charge on any atom is -0.368 e. The third-order valence-electron chi connectivity index (χ3n) is 2.66. The predicted octanol–water partition coefficient (Wildman–Crippen LogP) is 0.00780. The summed E-state index contributed by atoms with van der Waals surface area (Å²) in [6, 6.07) is 0. The maximum absolute atomic E-state index is 11.2. The zero-order valence-electron chi connectivity index (χ0n) is 10.7. The predicted molar refractivity (Wildman–Crippen MR) is 72.9 cm³/mol. The molecule has 1 unspecified atom stereocenters. The molecule has 0 aromatic rings. The van der Waals surface area contributed by atoms with Gasteiger partial charge in [-0.05, 0) is 32.6 Å². The van der Waals surface area contributed by atoms with E-state index in [1.54, 1.807) is 25.7 Å². The first-order valence-electron chi connectivity index (χ1n) is 5.45. The van der Waals surface area contributed by atoms with Gasteiger partial charge in [-0.25, -0.2) is 8.42 Å². The van der Waals surface area contributed by atoms with Gasteiger partial charge in [0.1, 0.15) is 9.84 Å². The van der Waals surface area contributed by atoms with Crippen LogP contribution in [0.2, 0.25) is 0 Å². The summed E-state index contributed by atoms with van der Waals surface area (Å²) in [7, 11) is -1.16. The molecule has 3 N–H and O–H groups in total. The molecule has 0 radical (unpaired) electrons. The average molecular weight is 282 g/mol. The van der Waals surface area contributed by atoms with Gasteiger partial charge in [-0.2, -0.15) is 11.8 Å². The highest BCUT2D eigenvalue weighted by Gasteiger charge is 2.27. The van der Waals surface area contributed by atoms with Gasteiger partial charge >= 0.3 is 0 Å². The van der Waals surface area contributed by atoms with E-state index in [1.807, 2.05) is 0 Å². The molecule has 0 aliphatic heterocycles. The molecule has 0 aromatic carbocycles. The largest absolute Gasteiger partial charge is 0.368 e. The van der Waals surface area contributed by atoms with Crippen molar-refractivity contribution < 1.29 is 13.2 Å². The van der Waals surface area contributed by atoms with Crippen LogP contribution in [0.3, 0.4) is 0 Å². The maximum Gasteiger partial charge on any atom is 0.237 e. The summed E-state index contributed by atoms with van der Waals surface area (Å²) in [4.78, 5) is 11.2. The van der Waals surface area contributed by atoms with E-state index in [-0.39, 0.29) is 11.7 Å². The molecule has 0 spiro atoms. The first-order valence-corrected chi connectivity index (χ1v) is 8.67. The van der Waals surface area contributed by atoms with Crippen molar-refractivity contribution in [3.63, 3.8) is 0 Å². The van der Waals surface area contributed by atoms with E-state index in [0.717, 1.165) is 12.2 Å². The van der Waals surface area contributed by atoms with E-state index in [4.69, 9.17) is 5.73 Å². The Balaban J connectivity index is 3.74. The molecule has 0 saturated heterocycles. The third-order valence-corrected chi connectivity index (χ3v) is 4.93. The van der Waals surface area contributed by atoms with Gasteiger partial charge in [-0.3, -0.25) is 4.79 Å². The van der Waals surface area contributed by atoms with Crippen molar-refractivity contribution >= 4 is 27.5 Å². The summed E-state index contributed by atoms with van der Waals surface area (Å²) in [5, 5.41) is 2.91. The van der Waals surface area contributed by atoms with E-state index in [9.17, 15) is 13.2 Å². The van der Waals surface area contributed by atoms with Crippen LogP contribution in [-0.2, 0) is 14.6 Å². The van der Waals surface area contributed by atoms with Crippen molar-refractivity contribution in [2.75, 3.05) is 30.6 Å². The van der Waals surface area contributed by atoms with Crippen LogP contribution in [0.1, 0.15) is 19.8 Å². The van der Waals surface area contributed by atoms with Crippen LogP contribution in [0.5, 0.6) is 0 Å². The lowest BCUT2D eigenvalue weighted by molar-refractivity contribution is -0.123. The Hall–Kier alpha value is -0.270. The fourth-order valence-corrected chi connectivity index (χ4v) is 3.45. The Morgan fingerprint density at radius 3 is 2.41 bits per heavy atom. The van der Waals surface area contributed by atoms with Gasteiger partial charge in [0, 0.05) is 12.0 Å². The third kappa shape index (κ3) is 7.62. The molecule has 102 valence electrons. The highest BCUT2D eigenvalue weighted by atomic mass is 32.2. The number of nitrogens with two attached hydrogens (primary N) is 1. The van der Waals surface area contributed by atoms with Crippen molar-refractivity contribution in [2.24, 2.45) is 5.73 Å². The molecule has 0 aliphatic rings. The molecule has 0 saturated carbocycles. The number of carbonyl (C=O) groups is 1. The number of thioether (sulfide) groups is 1. The van der Waals surface area contributed by atoms with E-state index in [1.165, 1.54) is 6.26 Å². The number of rotatable bonds is 9. The highest BCUT2D eigenvalue weighted by molar-refractivity contribution is 8.00. The van der Waals surface area contributed by atoms with E-state index in [2.05, 4.69) is 5.32 Å². The Kier molecular flexibility index (Phi) is 7.11. The van der Waals surface area contributed by atoms with Crippen LogP contribution in [-0.4, -0.2) is 50.4 Å². The lowest BCUT2D eigenvalue weighted by Gasteiger charge is -2.25. The minimum absolute atomic E-state index is 0.205. The second-order valence-corrected chi connectivity index (χ2v) is 7.78. The number of nitrogens with one attached hydrogen (secondary N) is 1. The molecule has 7 heteroatoms. The Bertz CT molecular complexity index is 343. The van der Waals surface area contributed by atoms with Crippen LogP contribution in [0.25, 0.3) is 0 Å². The molecule has 5 nitrogen and oxygen atoms in total. The van der Waals surface area contributed by atoms with Crippen molar-refractivity contribution in [1.29, 1.82) is 0 Å². The molecule has 0 rings (SSSR count). The minimum atomic E-state index is -2.87. The van der Waals surface area contributed by atoms with Gasteiger partial charge in [-0.1, -0.05) is 0 Å². The SMILES string of the molecule is CNC(C)(CCCSCCS(C)(=O)=O)C(N)=O. The van der Waals surface area contributed by atoms with E-state index in [0.29, 0.717) is 12.2 Å². The van der Waals surface area contributed by atoms with E-state index < -0.39 is 15.4 Å². The zero-order valence-corrected chi connectivity index (χ0v) is 12.3. The summed E-state index contributed by atoms with van der Waals surface area (Å²) in [5.41, 5.74) is 4.62. The number of likely N-dealkylation sites (N-methyl/N-ethyl adjacent to an activating group) is 1. The fourth-order valence-electron chi connectivity index (χ4n) is 1.21. The topological polar surface area (TPSA) is 89.3 Å².